The molecule has 0 bridgehead atoms. The molecule has 4 atom stereocenters. The molecule has 0 N–H and O–H groups in total. The van der Waals surface area contributed by atoms with Crippen LogP contribution in [0.15, 0.2) is 80.4 Å². The fourth-order valence-electron chi connectivity index (χ4n) is 11.1. The van der Waals surface area contributed by atoms with E-state index in [9.17, 15) is 37.5 Å². The number of amides is 2. The topological polar surface area (TPSA) is 245 Å². The molecule has 6 aromatic heterocycles. The van der Waals surface area contributed by atoms with E-state index >= 15 is 0 Å². The Hall–Kier alpha value is -7.76. The summed E-state index contributed by atoms with van der Waals surface area (Å²) in [5.74, 6) is -0.903. The van der Waals surface area contributed by atoms with Crippen LogP contribution in [0.2, 0.25) is 0 Å². The molecule has 10 rings (SSSR count). The Morgan fingerprint density at radius 2 is 0.940 bits per heavy atom. The van der Waals surface area contributed by atoms with Crippen molar-refractivity contribution in [3.63, 3.8) is 0 Å². The Bertz CT molecular complexity index is 3720. The molecule has 448 valence electrons. The molecule has 0 aliphatic carbocycles. The Balaban J connectivity index is 0.000000202. The highest BCUT2D eigenvalue weighted by Crippen LogP contribution is 2.38. The molecule has 1 unspecified atom stereocenters. The van der Waals surface area contributed by atoms with Gasteiger partial charge in [-0.15, -0.1) is 9.59 Å². The van der Waals surface area contributed by atoms with Crippen LogP contribution in [0.25, 0.3) is 30.4 Å². The van der Waals surface area contributed by atoms with Crippen molar-refractivity contribution in [2.24, 2.45) is 0 Å². The van der Waals surface area contributed by atoms with E-state index in [0.29, 0.717) is 92.2 Å². The van der Waals surface area contributed by atoms with Crippen LogP contribution in [0, 0.1) is 25.5 Å². The van der Waals surface area contributed by atoms with E-state index in [1.165, 1.54) is 141 Å². The fraction of sp³-hybridized carbons (Fsp3) is 0.464. The summed E-state index contributed by atoms with van der Waals surface area (Å²) in [5, 5.41) is 18.6. The molecule has 2 aliphatic heterocycles. The highest BCUT2D eigenvalue weighted by Gasteiger charge is 2.45. The minimum Gasteiger partial charge on any atom is -0.496 e. The number of hydrogen-bond acceptors (Lipinski definition) is 18. The maximum absolute atomic E-state index is 14.5. The van der Waals surface area contributed by atoms with Crippen LogP contribution in [0.4, 0.5) is 8.78 Å². The van der Waals surface area contributed by atoms with Crippen LogP contribution in [0.1, 0.15) is 74.0 Å². The second kappa shape index (κ2) is 25.2. The molecule has 84 heavy (non-hydrogen) atoms. The predicted octanol–water partition coefficient (Wildman–Crippen LogP) is 5.27. The first kappa shape index (κ1) is 60.8. The zero-order valence-corrected chi connectivity index (χ0v) is 49.9. The number of rotatable bonds is 20. The number of benzene rings is 2. The predicted molar refractivity (Wildman–Crippen MR) is 308 cm³/mol. The van der Waals surface area contributed by atoms with Crippen LogP contribution in [-0.4, -0.2) is 152 Å². The molecule has 28 heteroatoms. The maximum Gasteiger partial charge on any atom is 0.333 e. The highest BCUT2D eigenvalue weighted by atomic mass is 32.1. The van der Waals surface area contributed by atoms with E-state index in [4.69, 9.17) is 28.4 Å². The molecule has 0 spiro atoms. The summed E-state index contributed by atoms with van der Waals surface area (Å²) in [7, 11) is 9.31. The average Bonchev–Trinajstić information content (AvgIpc) is 2.57. The number of hydrogen-bond donors (Lipinski definition) is 0. The largest absolute Gasteiger partial charge is 0.496 e. The smallest absolute Gasteiger partial charge is 0.333 e. The Labute approximate surface area is 487 Å². The van der Waals surface area contributed by atoms with Gasteiger partial charge in [-0.2, -0.15) is 20.4 Å². The van der Waals surface area contributed by atoms with E-state index < -0.39 is 57.4 Å². The summed E-state index contributed by atoms with van der Waals surface area (Å²) in [5.41, 5.74) is -3.38. The van der Waals surface area contributed by atoms with Crippen molar-refractivity contribution in [2.75, 3.05) is 82.1 Å². The molecule has 2 saturated heterocycles. The lowest BCUT2D eigenvalue weighted by molar-refractivity contribution is -0.143. The number of carbonyl (C=O) groups excluding carboxylic acids is 2. The summed E-state index contributed by atoms with van der Waals surface area (Å²) in [4.78, 5) is 90.8. The van der Waals surface area contributed by atoms with Gasteiger partial charge in [0.05, 0.1) is 89.3 Å². The summed E-state index contributed by atoms with van der Waals surface area (Å²) in [6, 6.07) is 8.13. The number of halogens is 2. The number of piperidine rings is 2. The fourth-order valence-corrected chi connectivity index (χ4v) is 13.6. The van der Waals surface area contributed by atoms with Gasteiger partial charge in [-0.3, -0.25) is 28.3 Å². The van der Waals surface area contributed by atoms with Gasteiger partial charge in [-0.05, 0) is 89.8 Å². The number of aromatic nitrogens is 10. The number of thiophene rings is 2. The number of carbonyl (C=O) groups is 2. The summed E-state index contributed by atoms with van der Waals surface area (Å²) >= 11 is 2.36. The lowest BCUT2D eigenvalue weighted by Gasteiger charge is -2.38. The number of aryl methyl sites for hydroxylation is 2. The van der Waals surface area contributed by atoms with Gasteiger partial charge in [0.25, 0.3) is 11.1 Å². The molecule has 8 heterocycles. The zero-order valence-electron chi connectivity index (χ0n) is 48.3. The first-order valence-electron chi connectivity index (χ1n) is 27.0. The van der Waals surface area contributed by atoms with Gasteiger partial charge >= 0.3 is 11.4 Å². The van der Waals surface area contributed by atoms with Gasteiger partial charge in [0.1, 0.15) is 66.1 Å². The van der Waals surface area contributed by atoms with Crippen LogP contribution in [0.3, 0.4) is 0 Å². The van der Waals surface area contributed by atoms with Gasteiger partial charge in [-0.1, -0.05) is 22.7 Å². The molecular weight excluding hydrogens is 1130 g/mol. The molecular formula is C56H66F2N12O12S2. The van der Waals surface area contributed by atoms with Gasteiger partial charge in [-0.25, -0.2) is 27.5 Å². The zero-order chi connectivity index (χ0) is 60.4. The van der Waals surface area contributed by atoms with Gasteiger partial charge in [0.2, 0.25) is 11.8 Å². The van der Waals surface area contributed by atoms with E-state index in [0.717, 1.165) is 9.13 Å². The lowest BCUT2D eigenvalue weighted by Crippen LogP contribution is -2.59. The van der Waals surface area contributed by atoms with Gasteiger partial charge in [0.15, 0.2) is 0 Å². The van der Waals surface area contributed by atoms with Crippen LogP contribution < -0.4 is 32.0 Å². The summed E-state index contributed by atoms with van der Waals surface area (Å²) in [6.45, 7) is 8.42. The van der Waals surface area contributed by atoms with E-state index in [2.05, 4.69) is 20.4 Å². The Morgan fingerprint density at radius 1 is 0.571 bits per heavy atom. The van der Waals surface area contributed by atoms with Crippen LogP contribution >= 0.6 is 22.7 Å². The van der Waals surface area contributed by atoms with E-state index in [1.807, 2.05) is 0 Å². The Morgan fingerprint density at radius 3 is 1.29 bits per heavy atom. The van der Waals surface area contributed by atoms with Crippen LogP contribution in [0.5, 0.6) is 11.5 Å². The minimum atomic E-state index is -1.40. The number of fused-ring (bicyclic) bond motifs is 2. The minimum absolute atomic E-state index is 0.106. The molecule has 0 radical (unpaired) electrons. The summed E-state index contributed by atoms with van der Waals surface area (Å²) in [6.07, 6.45) is 6.20. The normalized spacial score (nSPS) is 18.1. The Kier molecular flexibility index (Phi) is 18.3. The third-order valence-corrected chi connectivity index (χ3v) is 18.0. The lowest BCUT2D eigenvalue weighted by atomic mass is 9.89. The molecule has 2 fully saturated rings. The first-order chi connectivity index (χ1) is 40.2. The van der Waals surface area contributed by atoms with E-state index in [1.54, 1.807) is 41.8 Å². The SMILES string of the molecule is COCCO[C@@H](Cn1c(=O)n(C2(C)CCCN(C)C2=O)c(=O)c2c(C)c(-n3nccn3)sc21)c1cc(F)ccc1OC.COCCO[C@@H](Cn1c(=O)n([C@@]2(C)CCCN(C)C2=O)c(=O)c2c(C)c(-n3nccn3)sc21)c1cc(F)ccc1OC. The first-order valence-corrected chi connectivity index (χ1v) is 28.6. The third-order valence-electron chi connectivity index (χ3n) is 15.5. The number of methoxy groups -OCH3 is 4. The standard InChI is InChI=1S/2C28H33FN6O6S/c2*1-17-22-23(36)34(28(2)9-6-12-32(3)26(28)37)27(38)33(25(22)42-24(17)35-30-10-11-31-35)16-21(41-14-13-39-4)19-15-18(29)7-8-20(19)40-5/h2*7-8,10-11,15,21H,6,9,12-14,16H2,1-5H3/t21-,28?;21-,28-/m00/s1. The number of likely N-dealkylation sites (N-methyl/N-ethyl adjacent to an activating group) is 2. The number of likely N-dealkylation sites (tertiary alicyclic amines) is 2. The average molecular weight is 1200 g/mol. The van der Waals surface area contributed by atoms with E-state index in [-0.39, 0.29) is 62.1 Å². The van der Waals surface area contributed by atoms with Crippen molar-refractivity contribution in [1.82, 2.24) is 58.1 Å². The monoisotopic (exact) mass is 1200 g/mol. The molecule has 0 saturated carbocycles. The molecule has 2 amide bonds. The van der Waals surface area contributed by atoms with Crippen molar-refractivity contribution in [2.45, 2.75) is 89.8 Å². The van der Waals surface area contributed by atoms with Gasteiger partial charge < -0.3 is 38.2 Å². The van der Waals surface area contributed by atoms with Crippen molar-refractivity contribution in [3.8, 4) is 21.5 Å². The van der Waals surface area contributed by atoms with Crippen molar-refractivity contribution >= 4 is 54.9 Å². The van der Waals surface area contributed by atoms with Crippen LogP contribution in [-0.2, 0) is 52.7 Å². The molecule has 2 aromatic carbocycles. The maximum atomic E-state index is 14.5. The molecule has 24 nitrogen and oxygen atoms in total. The quantitative estimate of drug-likeness (QED) is 0.0883. The second-order valence-electron chi connectivity index (χ2n) is 20.8. The van der Waals surface area contributed by atoms with Crippen molar-refractivity contribution < 1.29 is 46.8 Å². The second-order valence-corrected chi connectivity index (χ2v) is 22.8. The summed E-state index contributed by atoms with van der Waals surface area (Å²) < 4.78 is 67.6. The highest BCUT2D eigenvalue weighted by molar-refractivity contribution is 7.21. The third kappa shape index (κ3) is 11.2. The van der Waals surface area contributed by atoms with Crippen molar-refractivity contribution in [3.05, 3.63) is 137 Å². The number of ether oxygens (including phenoxy) is 6. The van der Waals surface area contributed by atoms with Crippen molar-refractivity contribution in [1.29, 1.82) is 0 Å². The molecule has 8 aromatic rings. The number of nitrogens with zero attached hydrogens (tertiary/aromatic N) is 12. The molecule has 2 aliphatic rings. The van der Waals surface area contributed by atoms with Gasteiger partial charge in [0, 0.05) is 63.7 Å².